The monoisotopic (exact) mass is 314 g/mol. The summed E-state index contributed by atoms with van der Waals surface area (Å²) in [6.07, 6.45) is 2.10. The number of aromatic nitrogens is 1. The summed E-state index contributed by atoms with van der Waals surface area (Å²) in [5.74, 6) is 0. The molecule has 1 saturated carbocycles. The fraction of sp³-hybridized carbons (Fsp3) is 0.643. The molecule has 0 aliphatic heterocycles. The maximum atomic E-state index is 12.3. The highest BCUT2D eigenvalue weighted by atomic mass is 32.2. The van der Waals surface area contributed by atoms with Crippen LogP contribution in [0.25, 0.3) is 0 Å². The largest absolute Gasteiger partial charge is 0.392 e. The highest BCUT2D eigenvalue weighted by Crippen LogP contribution is 2.43. The Bertz CT molecular complexity index is 583. The first-order valence-corrected chi connectivity index (χ1v) is 8.49. The van der Waals surface area contributed by atoms with Crippen LogP contribution >= 0.6 is 0 Å². The van der Waals surface area contributed by atoms with Crippen molar-refractivity contribution in [2.75, 3.05) is 6.61 Å². The number of nitrogens with one attached hydrogen (secondary N) is 1. The van der Waals surface area contributed by atoms with Crippen LogP contribution in [0, 0.1) is 5.41 Å². The second-order valence-electron chi connectivity index (χ2n) is 5.84. The third-order valence-corrected chi connectivity index (χ3v) is 5.49. The topological polar surface area (TPSA) is 88.5 Å². The molecule has 118 valence electrons. The molecule has 0 radical (unpaired) electrons. The number of sulfonamides is 1. The van der Waals surface area contributed by atoms with Gasteiger partial charge in [0, 0.05) is 24.3 Å². The Hall–Kier alpha value is -1.02. The Kier molecular flexibility index (Phi) is 4.67. The lowest BCUT2D eigenvalue weighted by Gasteiger charge is -2.51. The van der Waals surface area contributed by atoms with Crippen LogP contribution in [0.5, 0.6) is 0 Å². The normalized spacial score (nSPS) is 24.6. The molecular weight excluding hydrogens is 292 g/mol. The summed E-state index contributed by atoms with van der Waals surface area (Å²) in [5.41, 5.74) is 0.336. The molecule has 0 spiro atoms. The molecule has 6 nitrogen and oxygen atoms in total. The third-order valence-electron chi connectivity index (χ3n) is 4.10. The SMILES string of the molecule is CCOC1CC(NS(=O)(=O)c2ccc(CO)cn2)C1(C)C. The zero-order chi connectivity index (χ0) is 15.7. The zero-order valence-corrected chi connectivity index (χ0v) is 13.4. The lowest BCUT2D eigenvalue weighted by Crippen LogP contribution is -2.61. The summed E-state index contributed by atoms with van der Waals surface area (Å²) in [5, 5.41) is 8.92. The van der Waals surface area contributed by atoms with Gasteiger partial charge in [-0.05, 0) is 25.0 Å². The van der Waals surface area contributed by atoms with Gasteiger partial charge in [-0.1, -0.05) is 19.9 Å². The van der Waals surface area contributed by atoms with Crippen LogP contribution < -0.4 is 4.72 Å². The van der Waals surface area contributed by atoms with Crippen molar-refractivity contribution in [2.45, 2.75) is 51.0 Å². The predicted molar refractivity (Wildman–Crippen MR) is 78.1 cm³/mol. The molecule has 2 N–H and O–H groups in total. The first kappa shape index (κ1) is 16.4. The zero-order valence-electron chi connectivity index (χ0n) is 12.5. The average molecular weight is 314 g/mol. The summed E-state index contributed by atoms with van der Waals surface area (Å²) in [7, 11) is -3.65. The first-order chi connectivity index (χ1) is 9.81. The Morgan fingerprint density at radius 1 is 1.48 bits per heavy atom. The van der Waals surface area contributed by atoms with Gasteiger partial charge >= 0.3 is 0 Å². The Morgan fingerprint density at radius 3 is 2.67 bits per heavy atom. The molecule has 2 atom stereocenters. The van der Waals surface area contributed by atoms with Gasteiger partial charge < -0.3 is 9.84 Å². The van der Waals surface area contributed by atoms with E-state index >= 15 is 0 Å². The summed E-state index contributed by atoms with van der Waals surface area (Å²) >= 11 is 0. The van der Waals surface area contributed by atoms with Crippen LogP contribution in [-0.2, 0) is 21.4 Å². The standard InChI is InChI=1S/C14H22N2O4S/c1-4-20-12-7-11(14(12,2)3)16-21(18,19)13-6-5-10(9-17)8-15-13/h5-6,8,11-12,16-17H,4,7,9H2,1-3H3. The maximum absolute atomic E-state index is 12.3. The number of ether oxygens (including phenoxy) is 1. The predicted octanol–water partition coefficient (Wildman–Crippen LogP) is 1.06. The van der Waals surface area contributed by atoms with Gasteiger partial charge in [0.1, 0.15) is 0 Å². The number of hydrogen-bond acceptors (Lipinski definition) is 5. The highest BCUT2D eigenvalue weighted by molar-refractivity contribution is 7.89. The molecule has 0 saturated heterocycles. The van der Waals surface area contributed by atoms with Crippen LogP contribution in [0.3, 0.4) is 0 Å². The van der Waals surface area contributed by atoms with Gasteiger partial charge in [-0.2, -0.15) is 0 Å². The van der Waals surface area contributed by atoms with Gasteiger partial charge in [0.15, 0.2) is 5.03 Å². The minimum atomic E-state index is -3.65. The van der Waals surface area contributed by atoms with E-state index < -0.39 is 10.0 Å². The molecule has 0 aromatic carbocycles. The van der Waals surface area contributed by atoms with Crippen LogP contribution in [0.1, 0.15) is 32.8 Å². The molecule has 0 bridgehead atoms. The van der Waals surface area contributed by atoms with Crippen molar-refractivity contribution in [3.8, 4) is 0 Å². The quantitative estimate of drug-likeness (QED) is 0.819. The average Bonchev–Trinajstić information content (AvgIpc) is 2.46. The van der Waals surface area contributed by atoms with E-state index in [1.165, 1.54) is 12.3 Å². The van der Waals surface area contributed by atoms with Crippen molar-refractivity contribution in [1.29, 1.82) is 0 Å². The molecule has 1 aromatic rings. The number of aliphatic hydroxyl groups excluding tert-OH is 1. The molecule has 21 heavy (non-hydrogen) atoms. The van der Waals surface area contributed by atoms with E-state index in [9.17, 15) is 8.42 Å². The van der Waals surface area contributed by atoms with Crippen molar-refractivity contribution in [2.24, 2.45) is 5.41 Å². The fourth-order valence-electron chi connectivity index (χ4n) is 2.48. The van der Waals surface area contributed by atoms with E-state index in [2.05, 4.69) is 9.71 Å². The smallest absolute Gasteiger partial charge is 0.258 e. The second-order valence-corrected chi connectivity index (χ2v) is 7.50. The van der Waals surface area contributed by atoms with Crippen molar-refractivity contribution in [3.05, 3.63) is 23.9 Å². The van der Waals surface area contributed by atoms with E-state index in [0.717, 1.165) is 0 Å². The fourth-order valence-corrected chi connectivity index (χ4v) is 3.81. The van der Waals surface area contributed by atoms with Crippen LogP contribution in [0.4, 0.5) is 0 Å². The van der Waals surface area contributed by atoms with Crippen molar-refractivity contribution in [3.63, 3.8) is 0 Å². The van der Waals surface area contributed by atoms with Crippen LogP contribution in [0.2, 0.25) is 0 Å². The van der Waals surface area contributed by atoms with Gasteiger partial charge in [-0.3, -0.25) is 0 Å². The third kappa shape index (κ3) is 3.26. The van der Waals surface area contributed by atoms with Crippen LogP contribution in [-0.4, -0.2) is 37.3 Å². The number of nitrogens with zero attached hydrogens (tertiary/aromatic N) is 1. The minimum Gasteiger partial charge on any atom is -0.392 e. The molecule has 1 aromatic heterocycles. The number of rotatable bonds is 6. The van der Waals surface area contributed by atoms with E-state index in [-0.39, 0.29) is 29.2 Å². The molecule has 1 aliphatic carbocycles. The van der Waals surface area contributed by atoms with Crippen molar-refractivity contribution < 1.29 is 18.3 Å². The van der Waals surface area contributed by atoms with Crippen molar-refractivity contribution in [1.82, 2.24) is 9.71 Å². The number of aliphatic hydroxyl groups is 1. The summed E-state index contributed by atoms with van der Waals surface area (Å²) < 4.78 is 32.9. The van der Waals surface area contributed by atoms with Gasteiger partial charge in [0.25, 0.3) is 10.0 Å². The summed E-state index contributed by atoms with van der Waals surface area (Å²) in [4.78, 5) is 3.89. The first-order valence-electron chi connectivity index (χ1n) is 7.01. The number of hydrogen-bond donors (Lipinski definition) is 2. The minimum absolute atomic E-state index is 0.0321. The molecule has 1 fully saturated rings. The molecule has 2 rings (SSSR count). The van der Waals surface area contributed by atoms with E-state index in [0.29, 0.717) is 18.6 Å². The van der Waals surface area contributed by atoms with Crippen LogP contribution in [0.15, 0.2) is 23.4 Å². The molecule has 2 unspecified atom stereocenters. The van der Waals surface area contributed by atoms with Gasteiger partial charge in [0.05, 0.1) is 12.7 Å². The van der Waals surface area contributed by atoms with Gasteiger partial charge in [0.2, 0.25) is 0 Å². The van der Waals surface area contributed by atoms with Gasteiger partial charge in [-0.15, -0.1) is 0 Å². The molecule has 1 aliphatic rings. The van der Waals surface area contributed by atoms with E-state index in [1.54, 1.807) is 6.07 Å². The van der Waals surface area contributed by atoms with Gasteiger partial charge in [-0.25, -0.2) is 18.1 Å². The summed E-state index contributed by atoms with van der Waals surface area (Å²) in [6, 6.07) is 2.79. The lowest BCUT2D eigenvalue weighted by molar-refractivity contribution is -0.108. The molecule has 7 heteroatoms. The number of pyridine rings is 1. The highest BCUT2D eigenvalue weighted by Gasteiger charge is 2.50. The molecule has 0 amide bonds. The Morgan fingerprint density at radius 2 is 2.19 bits per heavy atom. The Labute approximate surface area is 125 Å². The Balaban J connectivity index is 2.08. The molecular formula is C14H22N2O4S. The lowest BCUT2D eigenvalue weighted by atomic mass is 9.65. The van der Waals surface area contributed by atoms with E-state index in [4.69, 9.17) is 9.84 Å². The maximum Gasteiger partial charge on any atom is 0.258 e. The second kappa shape index (κ2) is 6.00. The van der Waals surface area contributed by atoms with E-state index in [1.807, 2.05) is 20.8 Å². The molecule has 1 heterocycles. The summed E-state index contributed by atoms with van der Waals surface area (Å²) in [6.45, 7) is 6.38. The van der Waals surface area contributed by atoms with Crippen molar-refractivity contribution >= 4 is 10.0 Å².